The van der Waals surface area contributed by atoms with Crippen molar-refractivity contribution in [2.45, 2.75) is 31.6 Å². The summed E-state index contributed by atoms with van der Waals surface area (Å²) in [7, 11) is -0.791. The monoisotopic (exact) mass is 255 g/mol. The predicted molar refractivity (Wildman–Crippen MR) is 72.7 cm³/mol. The van der Waals surface area contributed by atoms with Crippen LogP contribution in [0, 0.1) is 0 Å². The molecule has 0 radical (unpaired) electrons. The second kappa shape index (κ2) is 6.77. The van der Waals surface area contributed by atoms with Crippen LogP contribution in [-0.4, -0.2) is 27.4 Å². The Morgan fingerprint density at radius 3 is 2.41 bits per heavy atom. The summed E-state index contributed by atoms with van der Waals surface area (Å²) in [6.45, 7) is 4.83. The van der Waals surface area contributed by atoms with Crippen LogP contribution in [0.5, 0.6) is 5.75 Å². The lowest BCUT2D eigenvalue weighted by molar-refractivity contribution is 0.473. The zero-order chi connectivity index (χ0) is 12.8. The first kappa shape index (κ1) is 14.2. The molecular weight excluding hydrogens is 234 g/mol. The summed E-state index contributed by atoms with van der Waals surface area (Å²) in [4.78, 5) is 0. The van der Waals surface area contributed by atoms with Gasteiger partial charge in [0.2, 0.25) is 0 Å². The SMILES string of the molecule is CCC(NCC(C)S(C)=O)c1ccc(O)cc1. The van der Waals surface area contributed by atoms with E-state index in [9.17, 15) is 9.32 Å². The average Bonchev–Trinajstić information content (AvgIpc) is 2.31. The average molecular weight is 255 g/mol. The zero-order valence-electron chi connectivity index (χ0n) is 10.6. The third-order valence-electron chi connectivity index (χ3n) is 2.92. The lowest BCUT2D eigenvalue weighted by Crippen LogP contribution is -2.30. The fourth-order valence-corrected chi connectivity index (χ4v) is 1.96. The fourth-order valence-electron chi connectivity index (χ4n) is 1.63. The highest BCUT2D eigenvalue weighted by atomic mass is 32.2. The maximum Gasteiger partial charge on any atom is 0.115 e. The molecule has 3 nitrogen and oxygen atoms in total. The molecule has 0 heterocycles. The van der Waals surface area contributed by atoms with Gasteiger partial charge in [-0.2, -0.15) is 0 Å². The number of phenolic OH excluding ortho intramolecular Hbond substituents is 1. The van der Waals surface area contributed by atoms with Crippen LogP contribution in [0.2, 0.25) is 0 Å². The van der Waals surface area contributed by atoms with E-state index in [4.69, 9.17) is 0 Å². The second-order valence-corrected chi connectivity index (χ2v) is 6.07. The van der Waals surface area contributed by atoms with Crippen LogP contribution in [0.25, 0.3) is 0 Å². The summed E-state index contributed by atoms with van der Waals surface area (Å²) in [5, 5.41) is 12.8. The van der Waals surface area contributed by atoms with Crippen molar-refractivity contribution in [2.75, 3.05) is 12.8 Å². The van der Waals surface area contributed by atoms with E-state index in [0.29, 0.717) is 0 Å². The Morgan fingerprint density at radius 2 is 1.94 bits per heavy atom. The number of nitrogens with one attached hydrogen (secondary N) is 1. The fraction of sp³-hybridized carbons (Fsp3) is 0.538. The van der Waals surface area contributed by atoms with Crippen LogP contribution in [0.3, 0.4) is 0 Å². The number of benzene rings is 1. The van der Waals surface area contributed by atoms with Gasteiger partial charge in [-0.25, -0.2) is 0 Å². The van der Waals surface area contributed by atoms with Crippen molar-refractivity contribution in [3.63, 3.8) is 0 Å². The second-order valence-electron chi connectivity index (χ2n) is 4.27. The molecule has 1 aromatic rings. The van der Waals surface area contributed by atoms with Crippen molar-refractivity contribution < 1.29 is 9.32 Å². The minimum atomic E-state index is -0.791. The highest BCUT2D eigenvalue weighted by molar-refractivity contribution is 7.84. The summed E-state index contributed by atoms with van der Waals surface area (Å²) in [5.74, 6) is 0.284. The van der Waals surface area contributed by atoms with Crippen LogP contribution < -0.4 is 5.32 Å². The number of aromatic hydroxyl groups is 1. The zero-order valence-corrected chi connectivity index (χ0v) is 11.5. The quantitative estimate of drug-likeness (QED) is 0.819. The molecule has 96 valence electrons. The first-order valence-electron chi connectivity index (χ1n) is 5.89. The van der Waals surface area contributed by atoms with Gasteiger partial charge in [-0.05, 0) is 31.0 Å². The van der Waals surface area contributed by atoms with Crippen molar-refractivity contribution in [1.82, 2.24) is 5.32 Å². The van der Waals surface area contributed by atoms with E-state index in [0.717, 1.165) is 18.5 Å². The van der Waals surface area contributed by atoms with E-state index < -0.39 is 10.8 Å². The lowest BCUT2D eigenvalue weighted by Gasteiger charge is -2.19. The predicted octanol–water partition coefficient (Wildman–Crippen LogP) is 2.20. The van der Waals surface area contributed by atoms with Gasteiger partial charge in [-0.15, -0.1) is 0 Å². The van der Waals surface area contributed by atoms with Gasteiger partial charge in [0.05, 0.1) is 0 Å². The molecule has 0 amide bonds. The van der Waals surface area contributed by atoms with E-state index >= 15 is 0 Å². The third kappa shape index (κ3) is 4.48. The maximum absolute atomic E-state index is 11.3. The summed E-state index contributed by atoms with van der Waals surface area (Å²) in [6, 6.07) is 7.48. The van der Waals surface area contributed by atoms with Crippen LogP contribution in [0.4, 0.5) is 0 Å². The minimum absolute atomic E-state index is 0.154. The summed E-state index contributed by atoms with van der Waals surface area (Å²) in [5.41, 5.74) is 1.15. The Labute approximate surface area is 106 Å². The number of phenols is 1. The molecule has 3 unspecified atom stereocenters. The molecular formula is C13H21NO2S. The number of hydrogen-bond acceptors (Lipinski definition) is 3. The van der Waals surface area contributed by atoms with Crippen molar-refractivity contribution in [1.29, 1.82) is 0 Å². The molecule has 0 aliphatic heterocycles. The molecule has 0 fully saturated rings. The first-order valence-corrected chi connectivity index (χ1v) is 7.51. The molecule has 0 bridgehead atoms. The molecule has 0 aromatic heterocycles. The molecule has 0 saturated heterocycles. The maximum atomic E-state index is 11.3. The van der Waals surface area contributed by atoms with Crippen molar-refractivity contribution in [3.8, 4) is 5.75 Å². The van der Waals surface area contributed by atoms with Gasteiger partial charge in [-0.3, -0.25) is 4.21 Å². The van der Waals surface area contributed by atoms with Gasteiger partial charge in [-0.1, -0.05) is 19.1 Å². The molecule has 0 aliphatic carbocycles. The topological polar surface area (TPSA) is 49.3 Å². The first-order chi connectivity index (χ1) is 8.04. The van der Waals surface area contributed by atoms with E-state index in [1.54, 1.807) is 18.4 Å². The highest BCUT2D eigenvalue weighted by Crippen LogP contribution is 2.19. The van der Waals surface area contributed by atoms with Crippen molar-refractivity contribution >= 4 is 10.8 Å². The largest absolute Gasteiger partial charge is 0.508 e. The van der Waals surface area contributed by atoms with Gasteiger partial charge in [0.15, 0.2) is 0 Å². The van der Waals surface area contributed by atoms with Crippen LogP contribution in [0.15, 0.2) is 24.3 Å². The Kier molecular flexibility index (Phi) is 5.65. The lowest BCUT2D eigenvalue weighted by atomic mass is 10.0. The molecule has 3 atom stereocenters. The number of rotatable bonds is 6. The van der Waals surface area contributed by atoms with Gasteiger partial charge < -0.3 is 10.4 Å². The minimum Gasteiger partial charge on any atom is -0.508 e. The van der Waals surface area contributed by atoms with Gasteiger partial charge >= 0.3 is 0 Å². The third-order valence-corrected chi connectivity index (χ3v) is 4.22. The van der Waals surface area contributed by atoms with Crippen LogP contribution in [0.1, 0.15) is 31.9 Å². The Balaban J connectivity index is 2.60. The Bertz CT molecular complexity index is 364. The van der Waals surface area contributed by atoms with E-state index in [1.165, 1.54) is 0 Å². The Morgan fingerprint density at radius 1 is 1.35 bits per heavy atom. The smallest absolute Gasteiger partial charge is 0.115 e. The molecule has 4 heteroatoms. The van der Waals surface area contributed by atoms with E-state index in [1.807, 2.05) is 19.1 Å². The Hall–Kier alpha value is -0.870. The standard InChI is InChI=1S/C13H21NO2S/c1-4-13(14-9-10(2)17(3)16)11-5-7-12(15)8-6-11/h5-8,10,13-15H,4,9H2,1-3H3. The number of hydrogen-bond donors (Lipinski definition) is 2. The summed E-state index contributed by atoms with van der Waals surface area (Å²) >= 11 is 0. The highest BCUT2D eigenvalue weighted by Gasteiger charge is 2.12. The molecule has 1 aromatic carbocycles. The van der Waals surface area contributed by atoms with Crippen molar-refractivity contribution in [3.05, 3.63) is 29.8 Å². The van der Waals surface area contributed by atoms with E-state index in [-0.39, 0.29) is 17.0 Å². The normalized spacial score (nSPS) is 16.4. The van der Waals surface area contributed by atoms with Gasteiger partial charge in [0.25, 0.3) is 0 Å². The molecule has 1 rings (SSSR count). The summed E-state index contributed by atoms with van der Waals surface area (Å²) in [6.07, 6.45) is 2.70. The summed E-state index contributed by atoms with van der Waals surface area (Å²) < 4.78 is 11.3. The molecule has 0 saturated carbocycles. The van der Waals surface area contributed by atoms with Crippen molar-refractivity contribution in [2.24, 2.45) is 0 Å². The molecule has 17 heavy (non-hydrogen) atoms. The molecule has 0 spiro atoms. The van der Waals surface area contributed by atoms with Gasteiger partial charge in [0.1, 0.15) is 5.75 Å². The molecule has 0 aliphatic rings. The van der Waals surface area contributed by atoms with Crippen LogP contribution >= 0.6 is 0 Å². The van der Waals surface area contributed by atoms with Crippen LogP contribution in [-0.2, 0) is 10.8 Å². The molecule has 2 N–H and O–H groups in total. The van der Waals surface area contributed by atoms with Gasteiger partial charge in [0, 0.05) is 34.9 Å². The van der Waals surface area contributed by atoms with E-state index in [2.05, 4.69) is 12.2 Å².